The van der Waals surface area contributed by atoms with Crippen molar-refractivity contribution in [1.82, 2.24) is 15.1 Å². The summed E-state index contributed by atoms with van der Waals surface area (Å²) < 4.78 is 5.94. The number of nitrogens with one attached hydrogen (secondary N) is 1. The summed E-state index contributed by atoms with van der Waals surface area (Å²) in [5.74, 6) is 0.774. The Kier molecular flexibility index (Phi) is 7.23. The molecule has 2 N–H and O–H groups in total. The highest BCUT2D eigenvalue weighted by Gasteiger charge is 2.42. The number of nitrogens with zero attached hydrogens (tertiary/aromatic N) is 2. The van der Waals surface area contributed by atoms with Gasteiger partial charge in [-0.05, 0) is 48.7 Å². The number of fused-ring (bicyclic) bond motifs is 1. The van der Waals surface area contributed by atoms with E-state index in [4.69, 9.17) is 16.3 Å². The Bertz CT molecular complexity index is 1130. The third kappa shape index (κ3) is 4.71. The Labute approximate surface area is 199 Å². The number of ether oxygens (including phenoxy) is 1. The second-order valence-electron chi connectivity index (χ2n) is 8.41. The number of hydrogen-bond donors (Lipinski definition) is 2. The number of aromatic hydroxyl groups is 1. The van der Waals surface area contributed by atoms with Crippen molar-refractivity contribution in [1.29, 1.82) is 0 Å². The first kappa shape index (κ1) is 23.2. The van der Waals surface area contributed by atoms with Gasteiger partial charge in [-0.15, -0.1) is 0 Å². The molecule has 0 saturated heterocycles. The first-order chi connectivity index (χ1) is 16.0. The number of halogens is 1. The molecular formula is C26H30ClN3O3. The standard InChI is InChI=1S/C26H30ClN3O3/c1-3-5-7-13-30-25(17-9-8-10-19(15-17)33-14-6-4-2)22-23(28-29-24(22)26(30)32)20-16-18(27)11-12-21(20)31/h8-12,15-16,25,31H,3-7,13-14H2,1-2H3,(H,28,29). The molecule has 0 fully saturated rings. The Hall–Kier alpha value is -2.99. The number of carbonyl (C=O) groups is 1. The summed E-state index contributed by atoms with van der Waals surface area (Å²) in [6, 6.07) is 12.4. The van der Waals surface area contributed by atoms with E-state index in [0.717, 1.165) is 49.0 Å². The van der Waals surface area contributed by atoms with Crippen molar-refractivity contribution in [2.75, 3.05) is 13.2 Å². The van der Waals surface area contributed by atoms with Gasteiger partial charge in [0.15, 0.2) is 0 Å². The predicted molar refractivity (Wildman–Crippen MR) is 130 cm³/mol. The number of phenols is 1. The quantitative estimate of drug-likeness (QED) is 0.340. The molecule has 1 aromatic heterocycles. The summed E-state index contributed by atoms with van der Waals surface area (Å²) in [5.41, 5.74) is 3.22. The second kappa shape index (κ2) is 10.3. The average Bonchev–Trinajstić information content (AvgIpc) is 3.35. The fourth-order valence-corrected chi connectivity index (χ4v) is 4.49. The summed E-state index contributed by atoms with van der Waals surface area (Å²) in [4.78, 5) is 15.3. The molecule has 3 aromatic rings. The van der Waals surface area contributed by atoms with Crippen LogP contribution in [-0.4, -0.2) is 39.3 Å². The maximum absolute atomic E-state index is 13.4. The Morgan fingerprint density at radius 3 is 2.73 bits per heavy atom. The minimum atomic E-state index is -0.328. The van der Waals surface area contributed by atoms with Crippen LogP contribution < -0.4 is 4.74 Å². The smallest absolute Gasteiger partial charge is 0.273 e. The number of unbranched alkanes of at least 4 members (excludes halogenated alkanes) is 3. The number of amides is 1. The van der Waals surface area contributed by atoms with E-state index in [9.17, 15) is 9.90 Å². The highest BCUT2D eigenvalue weighted by molar-refractivity contribution is 6.31. The fraction of sp³-hybridized carbons (Fsp3) is 0.385. The molecule has 1 amide bonds. The molecule has 0 saturated carbocycles. The number of benzene rings is 2. The van der Waals surface area contributed by atoms with Crippen molar-refractivity contribution in [3.63, 3.8) is 0 Å². The number of H-pyrrole nitrogens is 1. The molecule has 1 aliphatic heterocycles. The maximum Gasteiger partial charge on any atom is 0.273 e. The van der Waals surface area contributed by atoms with Gasteiger partial charge in [-0.2, -0.15) is 5.10 Å². The molecule has 0 bridgehead atoms. The van der Waals surface area contributed by atoms with E-state index < -0.39 is 0 Å². The van der Waals surface area contributed by atoms with Crippen LogP contribution in [-0.2, 0) is 0 Å². The van der Waals surface area contributed by atoms with Crippen LogP contribution in [0.5, 0.6) is 11.5 Å². The summed E-state index contributed by atoms with van der Waals surface area (Å²) in [5, 5.41) is 18.4. The predicted octanol–water partition coefficient (Wildman–Crippen LogP) is 6.35. The van der Waals surface area contributed by atoms with Crippen molar-refractivity contribution < 1.29 is 14.6 Å². The largest absolute Gasteiger partial charge is 0.507 e. The number of aromatic nitrogens is 2. The molecule has 2 aromatic carbocycles. The molecule has 6 nitrogen and oxygen atoms in total. The van der Waals surface area contributed by atoms with Gasteiger partial charge in [0, 0.05) is 22.7 Å². The van der Waals surface area contributed by atoms with Gasteiger partial charge < -0.3 is 14.7 Å². The van der Waals surface area contributed by atoms with Crippen molar-refractivity contribution in [2.45, 2.75) is 52.0 Å². The molecule has 0 aliphatic carbocycles. The van der Waals surface area contributed by atoms with E-state index >= 15 is 0 Å². The number of hydrogen-bond acceptors (Lipinski definition) is 4. The van der Waals surface area contributed by atoms with E-state index in [2.05, 4.69) is 24.0 Å². The zero-order chi connectivity index (χ0) is 23.4. The molecule has 1 unspecified atom stereocenters. The number of aromatic amines is 1. The van der Waals surface area contributed by atoms with E-state index in [0.29, 0.717) is 35.1 Å². The van der Waals surface area contributed by atoms with Gasteiger partial charge in [0.25, 0.3) is 5.91 Å². The first-order valence-corrected chi connectivity index (χ1v) is 12.0. The molecule has 7 heteroatoms. The third-order valence-electron chi connectivity index (χ3n) is 6.02. The van der Waals surface area contributed by atoms with Gasteiger partial charge in [-0.3, -0.25) is 9.89 Å². The lowest BCUT2D eigenvalue weighted by Gasteiger charge is -2.27. The van der Waals surface area contributed by atoms with Crippen LogP contribution in [0.4, 0.5) is 0 Å². The van der Waals surface area contributed by atoms with E-state index in [1.54, 1.807) is 18.2 Å². The summed E-state index contributed by atoms with van der Waals surface area (Å²) >= 11 is 6.22. The highest BCUT2D eigenvalue weighted by atomic mass is 35.5. The van der Waals surface area contributed by atoms with Gasteiger partial charge in [0.1, 0.15) is 22.9 Å². The Morgan fingerprint density at radius 1 is 1.12 bits per heavy atom. The summed E-state index contributed by atoms with van der Waals surface area (Å²) in [6.45, 7) is 5.57. The summed E-state index contributed by atoms with van der Waals surface area (Å²) in [6.07, 6.45) is 5.08. The Balaban J connectivity index is 1.79. The van der Waals surface area contributed by atoms with E-state index in [1.165, 1.54) is 0 Å². The highest BCUT2D eigenvalue weighted by Crippen LogP contribution is 2.45. The third-order valence-corrected chi connectivity index (χ3v) is 6.26. The zero-order valence-corrected chi connectivity index (χ0v) is 19.9. The Morgan fingerprint density at radius 2 is 1.94 bits per heavy atom. The normalized spacial score (nSPS) is 15.2. The van der Waals surface area contributed by atoms with Gasteiger partial charge in [0.2, 0.25) is 0 Å². The van der Waals surface area contributed by atoms with Crippen LogP contribution in [0.2, 0.25) is 5.02 Å². The number of rotatable bonds is 10. The molecule has 1 aliphatic rings. The molecule has 174 valence electrons. The topological polar surface area (TPSA) is 78.5 Å². The molecule has 33 heavy (non-hydrogen) atoms. The lowest BCUT2D eigenvalue weighted by molar-refractivity contribution is 0.0740. The average molecular weight is 468 g/mol. The number of phenolic OH excluding ortho intramolecular Hbond substituents is 1. The van der Waals surface area contributed by atoms with Crippen molar-refractivity contribution in [3.05, 3.63) is 64.3 Å². The first-order valence-electron chi connectivity index (χ1n) is 11.7. The number of carbonyl (C=O) groups excluding carboxylic acids is 1. The lowest BCUT2D eigenvalue weighted by Crippen LogP contribution is -2.30. The van der Waals surface area contributed by atoms with Crippen LogP contribution >= 0.6 is 11.6 Å². The summed E-state index contributed by atoms with van der Waals surface area (Å²) in [7, 11) is 0. The van der Waals surface area contributed by atoms with E-state index in [-0.39, 0.29) is 17.7 Å². The van der Waals surface area contributed by atoms with Crippen molar-refractivity contribution in [3.8, 4) is 22.8 Å². The van der Waals surface area contributed by atoms with Crippen molar-refractivity contribution in [2.24, 2.45) is 0 Å². The van der Waals surface area contributed by atoms with Crippen LogP contribution in [0.1, 0.15) is 73.6 Å². The molecule has 4 rings (SSSR count). The van der Waals surface area contributed by atoms with Crippen LogP contribution in [0, 0.1) is 0 Å². The monoisotopic (exact) mass is 467 g/mol. The van der Waals surface area contributed by atoms with Gasteiger partial charge in [-0.1, -0.05) is 56.8 Å². The zero-order valence-electron chi connectivity index (χ0n) is 19.1. The molecule has 2 heterocycles. The van der Waals surface area contributed by atoms with Gasteiger partial charge >= 0.3 is 0 Å². The minimum Gasteiger partial charge on any atom is -0.507 e. The van der Waals surface area contributed by atoms with Crippen molar-refractivity contribution >= 4 is 17.5 Å². The maximum atomic E-state index is 13.4. The molecule has 1 atom stereocenters. The SMILES string of the molecule is CCCCCN1C(=O)c2[nH]nc(-c3cc(Cl)ccc3O)c2C1c1cccc(OCCCC)c1. The molecule has 0 spiro atoms. The van der Waals surface area contributed by atoms with Crippen LogP contribution in [0.3, 0.4) is 0 Å². The van der Waals surface area contributed by atoms with E-state index in [1.807, 2.05) is 29.2 Å². The van der Waals surface area contributed by atoms with Crippen LogP contribution in [0.15, 0.2) is 42.5 Å². The van der Waals surface area contributed by atoms with Gasteiger partial charge in [0.05, 0.1) is 12.6 Å². The lowest BCUT2D eigenvalue weighted by atomic mass is 9.95. The minimum absolute atomic E-state index is 0.0704. The molecule has 0 radical (unpaired) electrons. The van der Waals surface area contributed by atoms with Crippen LogP contribution in [0.25, 0.3) is 11.3 Å². The van der Waals surface area contributed by atoms with Gasteiger partial charge in [-0.25, -0.2) is 0 Å². The molecular weight excluding hydrogens is 438 g/mol. The fourth-order valence-electron chi connectivity index (χ4n) is 4.32. The second-order valence-corrected chi connectivity index (χ2v) is 8.84.